The van der Waals surface area contributed by atoms with Crippen LogP contribution in [0.15, 0.2) is 24.3 Å². The van der Waals surface area contributed by atoms with Gasteiger partial charge in [0.15, 0.2) is 11.5 Å². The van der Waals surface area contributed by atoms with Crippen LogP contribution < -0.4 is 5.73 Å². The smallest absolute Gasteiger partial charge is 0.269 e. The number of Topliss-reactive ketones (excluding diaryl/α,β-unsaturated/α-hetero) is 1. The molecule has 0 bridgehead atoms. The molecule has 3 aliphatic rings. The van der Waals surface area contributed by atoms with Gasteiger partial charge in [-0.25, -0.2) is 0 Å². The van der Waals surface area contributed by atoms with Gasteiger partial charge in [0.25, 0.3) is 5.91 Å². The van der Waals surface area contributed by atoms with Gasteiger partial charge in [-0.3, -0.25) is 19.1 Å². The molecule has 32 heavy (non-hydrogen) atoms. The van der Waals surface area contributed by atoms with E-state index in [-0.39, 0.29) is 30.0 Å². The summed E-state index contributed by atoms with van der Waals surface area (Å²) in [6.45, 7) is 5.24. The summed E-state index contributed by atoms with van der Waals surface area (Å²) in [5, 5.41) is 4.96. The van der Waals surface area contributed by atoms with Crippen molar-refractivity contribution in [1.29, 1.82) is 0 Å². The van der Waals surface area contributed by atoms with Gasteiger partial charge in [-0.1, -0.05) is 38.5 Å². The minimum Gasteiger partial charge on any atom is -0.364 e. The van der Waals surface area contributed by atoms with Crippen LogP contribution in [0.25, 0.3) is 10.9 Å². The lowest BCUT2D eigenvalue weighted by Crippen LogP contribution is -2.45. The van der Waals surface area contributed by atoms with Gasteiger partial charge in [0, 0.05) is 18.4 Å². The van der Waals surface area contributed by atoms with Gasteiger partial charge in [0.2, 0.25) is 5.91 Å². The first-order valence-electron chi connectivity index (χ1n) is 11.8. The first-order valence-corrected chi connectivity index (χ1v) is 11.8. The lowest BCUT2D eigenvalue weighted by atomic mass is 9.70. The standard InChI is InChI=1S/C25H32N4O3/c1-25(2)9-5-6-15(12-25)10-20(30)23-18-11-16(18)13-28(23)21(31)14-29-19-8-4-3-7-17(19)22(27-29)24(26)32/h3-4,7-8,15-16,18,23H,5-6,9-14H2,1-2H3,(H2,26,32)/t15-,16-,18-,23+/m1/s1. The van der Waals surface area contributed by atoms with Gasteiger partial charge in [0.1, 0.15) is 6.54 Å². The molecule has 5 rings (SSSR count). The van der Waals surface area contributed by atoms with E-state index in [4.69, 9.17) is 5.73 Å². The Labute approximate surface area is 188 Å². The number of likely N-dealkylation sites (tertiary alicyclic amines) is 1. The summed E-state index contributed by atoms with van der Waals surface area (Å²) in [4.78, 5) is 40.3. The summed E-state index contributed by atoms with van der Waals surface area (Å²) in [5.41, 5.74) is 6.66. The van der Waals surface area contributed by atoms with Crippen molar-refractivity contribution in [3.05, 3.63) is 30.0 Å². The molecule has 3 fully saturated rings. The molecule has 1 aromatic heterocycles. The normalized spacial score (nSPS) is 28.5. The number of nitrogens with two attached hydrogens (primary N) is 1. The van der Waals surface area contributed by atoms with Crippen LogP contribution in [0.2, 0.25) is 0 Å². The van der Waals surface area contributed by atoms with Crippen LogP contribution in [0, 0.1) is 23.2 Å². The summed E-state index contributed by atoms with van der Waals surface area (Å²) in [5.74, 6) is 0.704. The Morgan fingerprint density at radius 1 is 1.22 bits per heavy atom. The Morgan fingerprint density at radius 2 is 2.00 bits per heavy atom. The number of rotatable bonds is 6. The second kappa shape index (κ2) is 7.71. The largest absolute Gasteiger partial charge is 0.364 e. The number of hydrogen-bond acceptors (Lipinski definition) is 4. The van der Waals surface area contributed by atoms with Crippen LogP contribution >= 0.6 is 0 Å². The third kappa shape index (κ3) is 3.82. The van der Waals surface area contributed by atoms with Gasteiger partial charge < -0.3 is 10.6 Å². The fourth-order valence-electron chi connectivity index (χ4n) is 6.22. The van der Waals surface area contributed by atoms with E-state index >= 15 is 0 Å². The lowest BCUT2D eigenvalue weighted by Gasteiger charge is -2.36. The summed E-state index contributed by atoms with van der Waals surface area (Å²) < 4.78 is 1.55. The number of aromatic nitrogens is 2. The maximum atomic E-state index is 13.4. The van der Waals surface area contributed by atoms with Crippen LogP contribution in [-0.2, 0) is 16.1 Å². The molecule has 7 nitrogen and oxygen atoms in total. The molecule has 170 valence electrons. The zero-order chi connectivity index (χ0) is 22.6. The van der Waals surface area contributed by atoms with Crippen molar-refractivity contribution in [2.24, 2.45) is 28.9 Å². The van der Waals surface area contributed by atoms with E-state index in [2.05, 4.69) is 18.9 Å². The molecule has 1 saturated heterocycles. The van der Waals surface area contributed by atoms with E-state index < -0.39 is 5.91 Å². The maximum Gasteiger partial charge on any atom is 0.269 e. The summed E-state index contributed by atoms with van der Waals surface area (Å²) in [6, 6.07) is 6.98. The average molecular weight is 437 g/mol. The number of para-hydroxylation sites is 1. The number of nitrogens with zero attached hydrogens (tertiary/aromatic N) is 3. The number of ketones is 1. The molecule has 2 aromatic rings. The molecular weight excluding hydrogens is 404 g/mol. The highest BCUT2D eigenvalue weighted by molar-refractivity contribution is 6.04. The Morgan fingerprint density at radius 3 is 2.75 bits per heavy atom. The molecule has 1 aromatic carbocycles. The summed E-state index contributed by atoms with van der Waals surface area (Å²) in [6.07, 6.45) is 6.23. The molecule has 2 N–H and O–H groups in total. The zero-order valence-corrected chi connectivity index (χ0v) is 18.9. The number of fused-ring (bicyclic) bond motifs is 2. The number of piperidine rings is 1. The maximum absolute atomic E-state index is 13.4. The van der Waals surface area contributed by atoms with Crippen molar-refractivity contribution < 1.29 is 14.4 Å². The van der Waals surface area contributed by atoms with Crippen molar-refractivity contribution in [1.82, 2.24) is 14.7 Å². The predicted molar refractivity (Wildman–Crippen MR) is 121 cm³/mol. The van der Waals surface area contributed by atoms with Gasteiger partial charge in [-0.15, -0.1) is 0 Å². The molecular formula is C25H32N4O3. The third-order valence-corrected chi connectivity index (χ3v) is 7.77. The van der Waals surface area contributed by atoms with E-state index in [9.17, 15) is 14.4 Å². The molecule has 2 heterocycles. The fraction of sp³-hybridized carbons (Fsp3) is 0.600. The van der Waals surface area contributed by atoms with Gasteiger partial charge in [-0.2, -0.15) is 5.10 Å². The molecule has 2 aliphatic carbocycles. The predicted octanol–water partition coefficient (Wildman–Crippen LogP) is 3.16. The molecule has 2 saturated carbocycles. The van der Waals surface area contributed by atoms with Crippen LogP contribution in [0.5, 0.6) is 0 Å². The number of benzene rings is 1. The van der Waals surface area contributed by atoms with E-state index in [1.165, 1.54) is 12.8 Å². The van der Waals surface area contributed by atoms with E-state index in [0.29, 0.717) is 47.0 Å². The van der Waals surface area contributed by atoms with Crippen LogP contribution in [-0.4, -0.2) is 44.9 Å². The molecule has 7 heteroatoms. The second-order valence-corrected chi connectivity index (χ2v) is 10.8. The summed E-state index contributed by atoms with van der Waals surface area (Å²) in [7, 11) is 0. The van der Waals surface area contributed by atoms with Crippen molar-refractivity contribution in [3.8, 4) is 0 Å². The van der Waals surface area contributed by atoms with Crippen LogP contribution in [0.1, 0.15) is 62.9 Å². The highest BCUT2D eigenvalue weighted by Gasteiger charge is 2.56. The third-order valence-electron chi connectivity index (χ3n) is 7.77. The number of hydrogen-bond donors (Lipinski definition) is 1. The molecule has 0 unspecified atom stereocenters. The zero-order valence-electron chi connectivity index (χ0n) is 18.9. The van der Waals surface area contributed by atoms with Crippen LogP contribution in [0.4, 0.5) is 0 Å². The topological polar surface area (TPSA) is 98.3 Å². The molecule has 0 radical (unpaired) electrons. The lowest BCUT2D eigenvalue weighted by molar-refractivity contribution is -0.139. The van der Waals surface area contributed by atoms with Crippen molar-refractivity contribution in [2.45, 2.75) is 65.0 Å². The fourth-order valence-corrected chi connectivity index (χ4v) is 6.22. The second-order valence-electron chi connectivity index (χ2n) is 10.8. The Hall–Kier alpha value is -2.70. The minimum absolute atomic E-state index is 0.00741. The molecule has 4 atom stereocenters. The van der Waals surface area contributed by atoms with E-state index in [0.717, 1.165) is 19.3 Å². The van der Waals surface area contributed by atoms with Gasteiger partial charge in [-0.05, 0) is 54.9 Å². The SMILES string of the molecule is CC1(C)CCC[C@H](CC(=O)[C@@H]2[C@@H]3C[C@@H]3CN2C(=O)Cn2nc(C(N)=O)c3ccccc32)C1. The number of amides is 2. The van der Waals surface area contributed by atoms with Gasteiger partial charge >= 0.3 is 0 Å². The van der Waals surface area contributed by atoms with Crippen molar-refractivity contribution in [2.75, 3.05) is 6.54 Å². The number of primary amides is 1. The Kier molecular flexibility index (Phi) is 5.10. The Bertz CT molecular complexity index is 1090. The van der Waals surface area contributed by atoms with Crippen molar-refractivity contribution in [3.63, 3.8) is 0 Å². The molecule has 1 aliphatic heterocycles. The van der Waals surface area contributed by atoms with E-state index in [1.54, 1.807) is 15.6 Å². The minimum atomic E-state index is -0.613. The first-order chi connectivity index (χ1) is 15.2. The highest BCUT2D eigenvalue weighted by Crippen LogP contribution is 2.51. The molecule has 2 amide bonds. The average Bonchev–Trinajstić information content (AvgIpc) is 3.23. The quantitative estimate of drug-likeness (QED) is 0.752. The number of carbonyl (C=O) groups is 3. The van der Waals surface area contributed by atoms with Crippen molar-refractivity contribution >= 4 is 28.5 Å². The monoisotopic (exact) mass is 436 g/mol. The van der Waals surface area contributed by atoms with Gasteiger partial charge in [0.05, 0.1) is 11.6 Å². The highest BCUT2D eigenvalue weighted by atomic mass is 16.2. The first kappa shape index (κ1) is 21.2. The summed E-state index contributed by atoms with van der Waals surface area (Å²) >= 11 is 0. The van der Waals surface area contributed by atoms with E-state index in [1.807, 2.05) is 18.2 Å². The van der Waals surface area contributed by atoms with Crippen LogP contribution in [0.3, 0.4) is 0 Å². The molecule has 0 spiro atoms. The Balaban J connectivity index is 1.32. The number of carbonyl (C=O) groups excluding carboxylic acids is 3.